The van der Waals surface area contributed by atoms with Gasteiger partial charge in [-0.1, -0.05) is 12.1 Å². The predicted molar refractivity (Wildman–Crippen MR) is 68.6 cm³/mol. The largest absolute Gasteiger partial charge is 0.433 e. The Morgan fingerprint density at radius 1 is 1.25 bits per heavy atom. The van der Waals surface area contributed by atoms with Gasteiger partial charge in [0.15, 0.2) is 0 Å². The topological polar surface area (TPSA) is 87.7 Å². The second kappa shape index (κ2) is 5.25. The van der Waals surface area contributed by atoms with Crippen molar-refractivity contribution in [3.8, 4) is 0 Å². The van der Waals surface area contributed by atoms with Crippen molar-refractivity contribution in [3.63, 3.8) is 0 Å². The quantitative estimate of drug-likeness (QED) is 0.456. The Hall–Kier alpha value is -2.48. The average Bonchev–Trinajstić information content (AvgIpc) is 2.42. The summed E-state index contributed by atoms with van der Waals surface area (Å²) >= 11 is 0. The lowest BCUT2D eigenvalue weighted by molar-refractivity contribution is -0.0578. The highest BCUT2D eigenvalue weighted by molar-refractivity contribution is 6.24. The van der Waals surface area contributed by atoms with Gasteiger partial charge in [-0.25, -0.2) is 4.98 Å². The van der Waals surface area contributed by atoms with E-state index >= 15 is 0 Å². The Bertz CT molecular complexity index is 678. The number of rotatable bonds is 3. The van der Waals surface area contributed by atoms with Crippen LogP contribution in [0.25, 0.3) is 16.6 Å². The molecule has 0 fully saturated rings. The number of nitrogens with one attached hydrogen (secondary N) is 2. The number of nitrogens with zero attached hydrogens (tertiary/aromatic N) is 2. The molecule has 8 heteroatoms. The van der Waals surface area contributed by atoms with Crippen molar-refractivity contribution >= 4 is 22.3 Å². The van der Waals surface area contributed by atoms with Crippen LogP contribution in [0.2, 0.25) is 0 Å². The Balaban J connectivity index is 2.53. The third-order valence-electron chi connectivity index (χ3n) is 2.50. The maximum absolute atomic E-state index is 12.6. The molecule has 0 aliphatic rings. The molecule has 104 valence electrons. The first-order valence-corrected chi connectivity index (χ1v) is 5.48. The highest BCUT2D eigenvalue weighted by atomic mass is 19.4. The fourth-order valence-electron chi connectivity index (χ4n) is 1.60. The molecule has 2 rings (SSSR count). The third kappa shape index (κ3) is 2.75. The summed E-state index contributed by atoms with van der Waals surface area (Å²) in [7, 11) is 0. The van der Waals surface area contributed by atoms with Crippen LogP contribution in [-0.2, 0) is 0 Å². The Morgan fingerprint density at radius 3 is 2.50 bits per heavy atom. The molecule has 0 saturated heterocycles. The number of hydrogen-bond donors (Lipinski definition) is 3. The van der Waals surface area contributed by atoms with E-state index in [9.17, 15) is 13.2 Å². The van der Waals surface area contributed by atoms with Gasteiger partial charge in [-0.05, 0) is 12.1 Å². The molecule has 1 aromatic heterocycles. The van der Waals surface area contributed by atoms with Crippen LogP contribution in [0.3, 0.4) is 0 Å². The van der Waals surface area contributed by atoms with E-state index in [0.717, 1.165) is 6.20 Å². The molecular formula is C12H10F3N5. The highest BCUT2D eigenvalue weighted by Crippen LogP contribution is 2.26. The van der Waals surface area contributed by atoms with Gasteiger partial charge in [0.2, 0.25) is 0 Å². The molecule has 0 saturated carbocycles. The van der Waals surface area contributed by atoms with Crippen molar-refractivity contribution in [3.05, 3.63) is 42.4 Å². The zero-order chi connectivity index (χ0) is 14.8. The molecule has 1 heterocycles. The summed E-state index contributed by atoms with van der Waals surface area (Å²) in [5.41, 5.74) is 0.886. The van der Waals surface area contributed by atoms with E-state index in [-0.39, 0.29) is 5.69 Å². The van der Waals surface area contributed by atoms with Gasteiger partial charge in [0, 0.05) is 11.8 Å². The van der Waals surface area contributed by atoms with Crippen molar-refractivity contribution in [2.75, 3.05) is 0 Å². The molecule has 0 amide bonds. The summed E-state index contributed by atoms with van der Waals surface area (Å²) in [6.07, 6.45) is -2.75. The molecule has 0 spiro atoms. The van der Waals surface area contributed by atoms with Crippen molar-refractivity contribution in [1.29, 1.82) is 5.41 Å². The number of alkyl halides is 3. The van der Waals surface area contributed by atoms with Crippen LogP contribution in [0.4, 0.5) is 13.2 Å². The van der Waals surface area contributed by atoms with Crippen molar-refractivity contribution in [2.45, 2.75) is 6.18 Å². The van der Waals surface area contributed by atoms with Gasteiger partial charge in [0.25, 0.3) is 0 Å². The molecule has 1 aromatic carbocycles. The maximum Gasteiger partial charge on any atom is 0.433 e. The van der Waals surface area contributed by atoms with Crippen molar-refractivity contribution < 1.29 is 13.2 Å². The molecule has 5 nitrogen and oxygen atoms in total. The van der Waals surface area contributed by atoms with Gasteiger partial charge in [0.1, 0.15) is 5.71 Å². The lowest BCUT2D eigenvalue weighted by Crippen LogP contribution is -2.26. The minimum atomic E-state index is -4.80. The van der Waals surface area contributed by atoms with E-state index in [1.807, 2.05) is 5.43 Å². The lowest BCUT2D eigenvalue weighted by Gasteiger charge is -2.12. The minimum Gasteiger partial charge on any atom is -0.331 e. The first-order chi connectivity index (χ1) is 9.43. The zero-order valence-electron chi connectivity index (χ0n) is 10.1. The normalized spacial score (nSPS) is 12.5. The third-order valence-corrected chi connectivity index (χ3v) is 2.50. The number of hydrazine groups is 1. The van der Waals surface area contributed by atoms with E-state index in [1.54, 1.807) is 24.3 Å². The number of para-hydroxylation sites is 2. The van der Waals surface area contributed by atoms with E-state index in [4.69, 9.17) is 11.3 Å². The summed E-state index contributed by atoms with van der Waals surface area (Å²) in [4.78, 5) is 8.07. The SMILES string of the molecule is N=C(/C(=C\NN)c1cnc2ccccc2n1)C(F)(F)F. The standard InChI is InChI=1S/C12H10F3N5/c13-12(14,15)11(16)7(5-19-17)10-6-18-8-3-1-2-4-9(8)20-10/h1-6,16,19H,17H2/b7-5-,16-11?. The molecule has 0 bridgehead atoms. The average molecular weight is 281 g/mol. The monoisotopic (exact) mass is 281 g/mol. The zero-order valence-corrected chi connectivity index (χ0v) is 10.1. The van der Waals surface area contributed by atoms with Gasteiger partial charge < -0.3 is 5.43 Å². The van der Waals surface area contributed by atoms with Crippen LogP contribution in [0, 0.1) is 5.41 Å². The van der Waals surface area contributed by atoms with E-state index in [0.29, 0.717) is 11.0 Å². The molecule has 0 aliphatic carbocycles. The summed E-state index contributed by atoms with van der Waals surface area (Å²) in [5.74, 6) is 5.02. The fourth-order valence-corrected chi connectivity index (χ4v) is 1.60. The number of benzene rings is 1. The van der Waals surface area contributed by atoms with Crippen LogP contribution < -0.4 is 11.3 Å². The predicted octanol–water partition coefficient (Wildman–Crippen LogP) is 2.02. The van der Waals surface area contributed by atoms with Crippen molar-refractivity contribution in [2.24, 2.45) is 5.84 Å². The number of hydrogen-bond acceptors (Lipinski definition) is 5. The van der Waals surface area contributed by atoms with Crippen LogP contribution in [0.1, 0.15) is 5.69 Å². The number of halogens is 3. The van der Waals surface area contributed by atoms with Crippen LogP contribution in [0.5, 0.6) is 0 Å². The second-order valence-corrected chi connectivity index (χ2v) is 3.84. The Labute approximate surface area is 111 Å². The molecule has 0 aliphatic heterocycles. The highest BCUT2D eigenvalue weighted by Gasteiger charge is 2.37. The number of fused-ring (bicyclic) bond motifs is 1. The smallest absolute Gasteiger partial charge is 0.331 e. The van der Waals surface area contributed by atoms with Crippen LogP contribution in [-0.4, -0.2) is 21.9 Å². The minimum absolute atomic E-state index is 0.0797. The summed E-state index contributed by atoms with van der Waals surface area (Å²) in [5, 5.41) is 7.19. The van der Waals surface area contributed by atoms with Crippen molar-refractivity contribution in [1.82, 2.24) is 15.4 Å². The van der Waals surface area contributed by atoms with Gasteiger partial charge in [-0.15, -0.1) is 0 Å². The summed E-state index contributed by atoms with van der Waals surface area (Å²) in [6.45, 7) is 0. The fraction of sp³-hybridized carbons (Fsp3) is 0.0833. The van der Waals surface area contributed by atoms with Crippen LogP contribution in [0.15, 0.2) is 36.7 Å². The molecule has 0 atom stereocenters. The molecule has 0 unspecified atom stereocenters. The molecule has 4 N–H and O–H groups in total. The van der Waals surface area contributed by atoms with Gasteiger partial charge in [0.05, 0.1) is 22.9 Å². The number of aromatic nitrogens is 2. The Kier molecular flexibility index (Phi) is 3.66. The van der Waals surface area contributed by atoms with Crippen LogP contribution >= 0.6 is 0 Å². The molecule has 20 heavy (non-hydrogen) atoms. The van der Waals surface area contributed by atoms with E-state index in [1.165, 1.54) is 6.20 Å². The van der Waals surface area contributed by atoms with Gasteiger partial charge >= 0.3 is 6.18 Å². The lowest BCUT2D eigenvalue weighted by atomic mass is 10.1. The summed E-state index contributed by atoms with van der Waals surface area (Å²) in [6, 6.07) is 6.75. The van der Waals surface area contributed by atoms with Gasteiger partial charge in [-0.2, -0.15) is 13.2 Å². The second-order valence-electron chi connectivity index (χ2n) is 3.84. The first kappa shape index (κ1) is 13.9. The van der Waals surface area contributed by atoms with E-state index in [2.05, 4.69) is 9.97 Å². The summed E-state index contributed by atoms with van der Waals surface area (Å²) < 4.78 is 37.9. The Morgan fingerprint density at radius 2 is 1.90 bits per heavy atom. The maximum atomic E-state index is 12.6. The number of nitrogens with two attached hydrogens (primary N) is 1. The first-order valence-electron chi connectivity index (χ1n) is 5.48. The van der Waals surface area contributed by atoms with E-state index < -0.39 is 17.5 Å². The molecule has 2 aromatic rings. The molecular weight excluding hydrogens is 271 g/mol. The number of allylic oxidation sites excluding steroid dienone is 1. The molecule has 0 radical (unpaired) electrons. The van der Waals surface area contributed by atoms with Gasteiger partial charge in [-0.3, -0.25) is 16.2 Å².